The third-order valence-electron chi connectivity index (χ3n) is 8.35. The summed E-state index contributed by atoms with van der Waals surface area (Å²) in [6.45, 7) is 9.30. The number of alkyl carbamates (subject to hydrolysis) is 1. The first-order chi connectivity index (χ1) is 20.4. The molecule has 234 valence electrons. The maximum absolute atomic E-state index is 13.1. The van der Waals surface area contributed by atoms with Crippen molar-refractivity contribution < 1.29 is 28.7 Å². The minimum absolute atomic E-state index is 0.00209. The number of piperazine rings is 1. The van der Waals surface area contributed by atoms with Gasteiger partial charge in [0.25, 0.3) is 5.91 Å². The zero-order valence-electron chi connectivity index (χ0n) is 25.4. The molecule has 3 fully saturated rings. The quantitative estimate of drug-likeness (QED) is 0.470. The summed E-state index contributed by atoms with van der Waals surface area (Å²) in [5.74, 6) is -0.753. The van der Waals surface area contributed by atoms with Gasteiger partial charge in [0.15, 0.2) is 0 Å². The minimum Gasteiger partial charge on any atom is -0.444 e. The van der Waals surface area contributed by atoms with Crippen LogP contribution in [-0.2, 0) is 37.3 Å². The van der Waals surface area contributed by atoms with Crippen molar-refractivity contribution >= 4 is 34.8 Å². The van der Waals surface area contributed by atoms with Crippen LogP contribution in [0.2, 0.25) is 0 Å². The van der Waals surface area contributed by atoms with E-state index in [1.165, 1.54) is 4.57 Å². The van der Waals surface area contributed by atoms with Crippen LogP contribution in [0.3, 0.4) is 0 Å². The third-order valence-corrected chi connectivity index (χ3v) is 8.35. The summed E-state index contributed by atoms with van der Waals surface area (Å²) in [6, 6.07) is 4.98. The first-order valence-electron chi connectivity index (χ1n) is 15.1. The first kappa shape index (κ1) is 30.7. The number of carbonyl (C=O) groups excluding carboxylic acids is 4. The SMILES string of the molecule is Cn1c(=O)n(C2CCC(=O)NC2=O)c2ccc(CCN3CCN(C(=O)C4CC[C@@H](NC(=O)OC(C)(C)C)CO4)CC3)cc21. The van der Waals surface area contributed by atoms with Gasteiger partial charge in [0.2, 0.25) is 11.8 Å². The van der Waals surface area contributed by atoms with Crippen LogP contribution in [0.25, 0.3) is 11.0 Å². The number of piperidine rings is 1. The standard InChI is InChI=1S/C30H42N6O7/c1-30(2,3)43-28(40)31-20-6-9-24(42-18-20)27(39)35-15-13-34(14-16-35)12-11-19-5-7-21-23(17-19)33(4)29(41)36(21)22-8-10-25(37)32-26(22)38/h5,7,17,20,22,24H,6,8-16,18H2,1-4H3,(H,31,40)(H,32,37,38)/t20-,22?,24?/m1/s1. The van der Waals surface area contributed by atoms with Gasteiger partial charge in [-0.25, -0.2) is 9.59 Å². The maximum atomic E-state index is 13.1. The molecule has 3 saturated heterocycles. The molecule has 1 aromatic heterocycles. The van der Waals surface area contributed by atoms with Crippen molar-refractivity contribution in [3.63, 3.8) is 0 Å². The number of nitrogens with one attached hydrogen (secondary N) is 2. The van der Waals surface area contributed by atoms with Crippen molar-refractivity contribution in [2.45, 2.75) is 76.7 Å². The molecule has 2 aromatic rings. The number of aromatic nitrogens is 2. The van der Waals surface area contributed by atoms with E-state index >= 15 is 0 Å². The highest BCUT2D eigenvalue weighted by atomic mass is 16.6. The summed E-state index contributed by atoms with van der Waals surface area (Å²) < 4.78 is 14.2. The molecule has 5 rings (SSSR count). The Balaban J connectivity index is 1.09. The van der Waals surface area contributed by atoms with E-state index in [1.54, 1.807) is 11.6 Å². The second-order valence-corrected chi connectivity index (χ2v) is 12.7. The van der Waals surface area contributed by atoms with Gasteiger partial charge in [-0.05, 0) is 64.2 Å². The van der Waals surface area contributed by atoms with E-state index < -0.39 is 29.7 Å². The van der Waals surface area contributed by atoms with Gasteiger partial charge in [0.1, 0.15) is 17.7 Å². The average Bonchev–Trinajstić information content (AvgIpc) is 3.20. The number of carbonyl (C=O) groups is 4. The van der Waals surface area contributed by atoms with Crippen molar-refractivity contribution in [1.29, 1.82) is 0 Å². The number of hydrogen-bond donors (Lipinski definition) is 2. The number of imidazole rings is 1. The van der Waals surface area contributed by atoms with Crippen LogP contribution in [-0.4, -0.2) is 99.8 Å². The van der Waals surface area contributed by atoms with Gasteiger partial charge in [-0.15, -0.1) is 0 Å². The number of fused-ring (bicyclic) bond motifs is 1. The van der Waals surface area contributed by atoms with Crippen LogP contribution in [0.4, 0.5) is 4.79 Å². The Labute approximate surface area is 250 Å². The largest absolute Gasteiger partial charge is 0.444 e. The molecular weight excluding hydrogens is 556 g/mol. The van der Waals surface area contributed by atoms with Crippen LogP contribution in [0.5, 0.6) is 0 Å². The van der Waals surface area contributed by atoms with E-state index in [0.717, 1.165) is 37.1 Å². The molecule has 3 atom stereocenters. The molecule has 2 N–H and O–H groups in total. The van der Waals surface area contributed by atoms with Crippen molar-refractivity contribution in [2.24, 2.45) is 7.05 Å². The Hall–Kier alpha value is -3.71. The highest BCUT2D eigenvalue weighted by molar-refractivity contribution is 6.00. The Morgan fingerprint density at radius 3 is 2.44 bits per heavy atom. The molecule has 0 saturated carbocycles. The first-order valence-corrected chi connectivity index (χ1v) is 15.1. The summed E-state index contributed by atoms with van der Waals surface area (Å²) in [5.41, 5.74) is 1.65. The summed E-state index contributed by atoms with van der Waals surface area (Å²) >= 11 is 0. The highest BCUT2D eigenvalue weighted by Gasteiger charge is 2.34. The number of ether oxygens (including phenoxy) is 2. The molecular formula is C30H42N6O7. The van der Waals surface area contributed by atoms with E-state index in [2.05, 4.69) is 15.5 Å². The van der Waals surface area contributed by atoms with Crippen molar-refractivity contribution in [3.05, 3.63) is 34.2 Å². The number of aryl methyl sites for hydroxylation is 1. The fraction of sp³-hybridized carbons (Fsp3) is 0.633. The van der Waals surface area contributed by atoms with Gasteiger partial charge in [0.05, 0.1) is 23.7 Å². The number of nitrogens with zero attached hydrogens (tertiary/aromatic N) is 4. The van der Waals surface area contributed by atoms with Gasteiger partial charge in [-0.3, -0.25) is 33.7 Å². The highest BCUT2D eigenvalue weighted by Crippen LogP contribution is 2.24. The number of amides is 4. The molecule has 0 aliphatic carbocycles. The average molecular weight is 599 g/mol. The number of imide groups is 1. The van der Waals surface area contributed by atoms with Crippen LogP contribution in [0.1, 0.15) is 58.1 Å². The predicted molar refractivity (Wildman–Crippen MR) is 157 cm³/mol. The van der Waals surface area contributed by atoms with Crippen LogP contribution < -0.4 is 16.3 Å². The van der Waals surface area contributed by atoms with Crippen LogP contribution in [0.15, 0.2) is 23.0 Å². The monoisotopic (exact) mass is 598 g/mol. The molecule has 4 heterocycles. The second-order valence-electron chi connectivity index (χ2n) is 12.7. The summed E-state index contributed by atoms with van der Waals surface area (Å²) in [6.07, 6.45) is 1.53. The number of benzene rings is 1. The van der Waals surface area contributed by atoms with E-state index in [0.29, 0.717) is 37.9 Å². The lowest BCUT2D eigenvalue weighted by Gasteiger charge is -2.38. The Morgan fingerprint density at radius 1 is 1.05 bits per heavy atom. The Morgan fingerprint density at radius 2 is 1.79 bits per heavy atom. The molecule has 2 unspecified atom stereocenters. The Bertz CT molecular complexity index is 1440. The van der Waals surface area contributed by atoms with Gasteiger partial charge in [-0.1, -0.05) is 6.07 Å². The summed E-state index contributed by atoms with van der Waals surface area (Å²) in [7, 11) is 1.70. The molecule has 43 heavy (non-hydrogen) atoms. The minimum atomic E-state index is -0.701. The second kappa shape index (κ2) is 12.5. The fourth-order valence-corrected chi connectivity index (χ4v) is 6.01. The Kier molecular flexibility index (Phi) is 8.93. The fourth-order valence-electron chi connectivity index (χ4n) is 6.01. The molecule has 4 amide bonds. The van der Waals surface area contributed by atoms with Gasteiger partial charge >= 0.3 is 11.8 Å². The van der Waals surface area contributed by atoms with Gasteiger partial charge in [0, 0.05) is 46.2 Å². The topological polar surface area (TPSA) is 144 Å². The zero-order chi connectivity index (χ0) is 30.9. The molecule has 0 bridgehead atoms. The molecule has 3 aliphatic heterocycles. The summed E-state index contributed by atoms with van der Waals surface area (Å²) in [5, 5.41) is 5.16. The molecule has 3 aliphatic rings. The van der Waals surface area contributed by atoms with E-state index in [9.17, 15) is 24.0 Å². The zero-order valence-corrected chi connectivity index (χ0v) is 25.4. The number of rotatable bonds is 6. The van der Waals surface area contributed by atoms with Gasteiger partial charge in [-0.2, -0.15) is 0 Å². The van der Waals surface area contributed by atoms with E-state index in [1.807, 2.05) is 43.9 Å². The summed E-state index contributed by atoms with van der Waals surface area (Å²) in [4.78, 5) is 66.3. The van der Waals surface area contributed by atoms with Crippen molar-refractivity contribution in [2.75, 3.05) is 39.3 Å². The van der Waals surface area contributed by atoms with Crippen LogP contribution in [0, 0.1) is 0 Å². The lowest BCUT2D eigenvalue weighted by molar-refractivity contribution is -0.149. The maximum Gasteiger partial charge on any atom is 0.407 e. The van der Waals surface area contributed by atoms with Crippen molar-refractivity contribution in [1.82, 2.24) is 29.6 Å². The predicted octanol–water partition coefficient (Wildman–Crippen LogP) is 1.08. The van der Waals surface area contributed by atoms with E-state index in [4.69, 9.17) is 9.47 Å². The smallest absolute Gasteiger partial charge is 0.407 e. The molecule has 0 radical (unpaired) electrons. The molecule has 0 spiro atoms. The van der Waals surface area contributed by atoms with E-state index in [-0.39, 0.29) is 36.6 Å². The number of hydrogen-bond acceptors (Lipinski definition) is 8. The van der Waals surface area contributed by atoms with Gasteiger partial charge < -0.3 is 19.7 Å². The molecule has 13 heteroatoms. The molecule has 13 nitrogen and oxygen atoms in total. The lowest BCUT2D eigenvalue weighted by Crippen LogP contribution is -2.54. The van der Waals surface area contributed by atoms with Crippen molar-refractivity contribution in [3.8, 4) is 0 Å². The lowest BCUT2D eigenvalue weighted by atomic mass is 10.0. The molecule has 1 aromatic carbocycles. The third kappa shape index (κ3) is 7.10. The normalized spacial score (nSPS) is 23.7. The van der Waals surface area contributed by atoms with Crippen LogP contribution >= 0.6 is 0 Å².